The van der Waals surface area contributed by atoms with Crippen molar-refractivity contribution < 1.29 is 14.3 Å². The topological polar surface area (TPSA) is 76.8 Å². The van der Waals surface area contributed by atoms with Crippen molar-refractivity contribution >= 4 is 23.4 Å². The zero-order valence-electron chi connectivity index (χ0n) is 14.6. The van der Waals surface area contributed by atoms with E-state index in [0.29, 0.717) is 6.42 Å². The van der Waals surface area contributed by atoms with Crippen molar-refractivity contribution in [3.63, 3.8) is 0 Å². The summed E-state index contributed by atoms with van der Waals surface area (Å²) in [5.74, 6) is 2.36. The standard InChI is InChI=1S/C17H27N3O3S/c1-22-14-8-13(9-15(10-14)23-2)20-6-4-12(11-20)19-17(21)16(18)5-7-24-3/h8-10,12,16H,4-7,11,18H2,1-3H3,(H,19,21)/t12?,16-/m0/s1. The van der Waals surface area contributed by atoms with Crippen LogP contribution in [0.3, 0.4) is 0 Å². The lowest BCUT2D eigenvalue weighted by Crippen LogP contribution is -2.46. The van der Waals surface area contributed by atoms with E-state index >= 15 is 0 Å². The van der Waals surface area contributed by atoms with E-state index in [1.54, 1.807) is 26.0 Å². The zero-order valence-corrected chi connectivity index (χ0v) is 15.4. The minimum atomic E-state index is -0.427. The summed E-state index contributed by atoms with van der Waals surface area (Å²) in [7, 11) is 3.28. The number of carbonyl (C=O) groups excluding carboxylic acids is 1. The molecule has 1 aliphatic heterocycles. The molecule has 1 aromatic rings. The third kappa shape index (κ3) is 4.95. The zero-order chi connectivity index (χ0) is 17.5. The number of rotatable bonds is 8. The Bertz CT molecular complexity index is 534. The summed E-state index contributed by atoms with van der Waals surface area (Å²) in [6, 6.07) is 5.51. The van der Waals surface area contributed by atoms with Crippen LogP contribution in [0, 0.1) is 0 Å². The second-order valence-electron chi connectivity index (χ2n) is 5.90. The van der Waals surface area contributed by atoms with E-state index < -0.39 is 6.04 Å². The minimum absolute atomic E-state index is 0.0564. The predicted molar refractivity (Wildman–Crippen MR) is 99.3 cm³/mol. The van der Waals surface area contributed by atoms with Crippen molar-refractivity contribution in [3.8, 4) is 11.5 Å². The number of methoxy groups -OCH3 is 2. The fourth-order valence-electron chi connectivity index (χ4n) is 2.77. The molecule has 2 atom stereocenters. The van der Waals surface area contributed by atoms with Gasteiger partial charge in [0.25, 0.3) is 0 Å². The molecular formula is C17H27N3O3S. The van der Waals surface area contributed by atoms with Crippen molar-refractivity contribution in [2.75, 3.05) is 44.2 Å². The molecule has 2 rings (SSSR count). The molecular weight excluding hydrogens is 326 g/mol. The largest absolute Gasteiger partial charge is 0.497 e. The predicted octanol–water partition coefficient (Wildman–Crippen LogP) is 1.48. The molecule has 0 aromatic heterocycles. The van der Waals surface area contributed by atoms with Crippen LogP contribution in [0.1, 0.15) is 12.8 Å². The molecule has 1 unspecified atom stereocenters. The summed E-state index contributed by atoms with van der Waals surface area (Å²) in [4.78, 5) is 14.4. The molecule has 134 valence electrons. The number of anilines is 1. The van der Waals surface area contributed by atoms with E-state index in [9.17, 15) is 4.79 Å². The number of nitrogens with one attached hydrogen (secondary N) is 1. The maximum absolute atomic E-state index is 12.1. The van der Waals surface area contributed by atoms with Crippen LogP contribution in [0.15, 0.2) is 18.2 Å². The molecule has 0 bridgehead atoms. The average Bonchev–Trinajstić information content (AvgIpc) is 3.07. The smallest absolute Gasteiger partial charge is 0.237 e. The van der Waals surface area contributed by atoms with Gasteiger partial charge in [-0.05, 0) is 24.9 Å². The lowest BCUT2D eigenvalue weighted by atomic mass is 10.2. The van der Waals surface area contributed by atoms with Crippen molar-refractivity contribution in [1.29, 1.82) is 0 Å². The van der Waals surface area contributed by atoms with Crippen LogP contribution in [-0.2, 0) is 4.79 Å². The Morgan fingerprint density at radius 2 is 2.04 bits per heavy atom. The Hall–Kier alpha value is -1.60. The fraction of sp³-hybridized carbons (Fsp3) is 0.588. The molecule has 6 nitrogen and oxygen atoms in total. The summed E-state index contributed by atoms with van der Waals surface area (Å²) in [6.45, 7) is 1.64. The molecule has 0 saturated carbocycles. The number of benzene rings is 1. The van der Waals surface area contributed by atoms with Crippen molar-refractivity contribution in [2.45, 2.75) is 24.9 Å². The summed E-state index contributed by atoms with van der Waals surface area (Å²) in [5, 5.41) is 3.07. The molecule has 7 heteroatoms. The van der Waals surface area contributed by atoms with Gasteiger partial charge in [0.2, 0.25) is 5.91 Å². The van der Waals surface area contributed by atoms with Gasteiger partial charge in [-0.2, -0.15) is 11.8 Å². The van der Waals surface area contributed by atoms with E-state index in [1.165, 1.54) is 0 Å². The van der Waals surface area contributed by atoms with E-state index in [-0.39, 0.29) is 11.9 Å². The van der Waals surface area contributed by atoms with Crippen molar-refractivity contribution in [2.24, 2.45) is 5.73 Å². The first-order valence-corrected chi connectivity index (χ1v) is 9.49. The van der Waals surface area contributed by atoms with Gasteiger partial charge in [0.05, 0.1) is 20.3 Å². The number of ether oxygens (including phenoxy) is 2. The Morgan fingerprint density at radius 3 is 2.62 bits per heavy atom. The van der Waals surface area contributed by atoms with Crippen LogP contribution < -0.4 is 25.4 Å². The number of nitrogens with two attached hydrogens (primary N) is 1. The Kier molecular flexibility index (Phi) is 7.05. The number of nitrogens with zero attached hydrogens (tertiary/aromatic N) is 1. The normalized spacial score (nSPS) is 18.3. The second kappa shape index (κ2) is 9.03. The highest BCUT2D eigenvalue weighted by Gasteiger charge is 2.26. The van der Waals surface area contributed by atoms with Crippen LogP contribution in [0.25, 0.3) is 0 Å². The van der Waals surface area contributed by atoms with E-state index in [1.807, 2.05) is 24.5 Å². The highest BCUT2D eigenvalue weighted by molar-refractivity contribution is 7.98. The number of hydrogen-bond acceptors (Lipinski definition) is 6. The highest BCUT2D eigenvalue weighted by atomic mass is 32.2. The molecule has 1 fully saturated rings. The molecule has 1 heterocycles. The van der Waals surface area contributed by atoms with Gasteiger partial charge in [0.15, 0.2) is 0 Å². The first-order chi connectivity index (χ1) is 11.6. The van der Waals surface area contributed by atoms with Crippen LogP contribution in [0.2, 0.25) is 0 Å². The van der Waals surface area contributed by atoms with Gasteiger partial charge in [0.1, 0.15) is 11.5 Å². The lowest BCUT2D eigenvalue weighted by molar-refractivity contribution is -0.122. The van der Waals surface area contributed by atoms with E-state index in [4.69, 9.17) is 15.2 Å². The Morgan fingerprint density at radius 1 is 1.38 bits per heavy atom. The third-order valence-corrected chi connectivity index (χ3v) is 4.85. The summed E-state index contributed by atoms with van der Waals surface area (Å²) >= 11 is 1.70. The van der Waals surface area contributed by atoms with Crippen molar-refractivity contribution in [3.05, 3.63) is 18.2 Å². The first-order valence-electron chi connectivity index (χ1n) is 8.10. The maximum atomic E-state index is 12.1. The van der Waals surface area contributed by atoms with Gasteiger partial charge in [-0.3, -0.25) is 4.79 Å². The lowest BCUT2D eigenvalue weighted by Gasteiger charge is -2.21. The maximum Gasteiger partial charge on any atom is 0.237 e. The number of thioether (sulfide) groups is 1. The molecule has 1 saturated heterocycles. The molecule has 0 radical (unpaired) electrons. The quantitative estimate of drug-likeness (QED) is 0.737. The minimum Gasteiger partial charge on any atom is -0.497 e. The number of hydrogen-bond donors (Lipinski definition) is 2. The Balaban J connectivity index is 1.94. The number of amides is 1. The molecule has 1 aromatic carbocycles. The molecule has 24 heavy (non-hydrogen) atoms. The SMILES string of the molecule is COc1cc(OC)cc(N2CCC(NC(=O)[C@@H](N)CCSC)C2)c1. The molecule has 1 aliphatic rings. The third-order valence-electron chi connectivity index (χ3n) is 4.21. The average molecular weight is 353 g/mol. The first kappa shape index (κ1) is 18.7. The highest BCUT2D eigenvalue weighted by Crippen LogP contribution is 2.30. The van der Waals surface area contributed by atoms with Gasteiger partial charge in [-0.1, -0.05) is 0 Å². The molecule has 0 aliphatic carbocycles. The van der Waals surface area contributed by atoms with Crippen LogP contribution in [0.4, 0.5) is 5.69 Å². The Labute approximate surface area is 148 Å². The molecule has 3 N–H and O–H groups in total. The van der Waals surface area contributed by atoms with Crippen LogP contribution >= 0.6 is 11.8 Å². The second-order valence-corrected chi connectivity index (χ2v) is 6.88. The van der Waals surface area contributed by atoms with Gasteiger partial charge in [0, 0.05) is 43.0 Å². The monoisotopic (exact) mass is 353 g/mol. The summed E-state index contributed by atoms with van der Waals surface area (Å²) in [5.41, 5.74) is 6.97. The van der Waals surface area contributed by atoms with Crippen molar-refractivity contribution in [1.82, 2.24) is 5.32 Å². The van der Waals surface area contributed by atoms with Crippen LogP contribution in [0.5, 0.6) is 11.5 Å². The summed E-state index contributed by atoms with van der Waals surface area (Å²) < 4.78 is 10.6. The fourth-order valence-corrected chi connectivity index (χ4v) is 3.26. The van der Waals surface area contributed by atoms with Gasteiger partial charge < -0.3 is 25.4 Å². The van der Waals surface area contributed by atoms with E-state index in [0.717, 1.165) is 42.4 Å². The number of carbonyl (C=O) groups is 1. The molecule has 0 spiro atoms. The van der Waals surface area contributed by atoms with Gasteiger partial charge >= 0.3 is 0 Å². The summed E-state index contributed by atoms with van der Waals surface area (Å²) in [6.07, 6.45) is 3.62. The van der Waals surface area contributed by atoms with Crippen LogP contribution in [-0.4, -0.2) is 57.3 Å². The molecule has 1 amide bonds. The van der Waals surface area contributed by atoms with Gasteiger partial charge in [-0.15, -0.1) is 0 Å². The van der Waals surface area contributed by atoms with E-state index in [2.05, 4.69) is 10.2 Å². The van der Waals surface area contributed by atoms with Gasteiger partial charge in [-0.25, -0.2) is 0 Å².